The molecule has 0 saturated heterocycles. The molecule has 1 atom stereocenters. The maximum Gasteiger partial charge on any atom is 0.191 e. The lowest BCUT2D eigenvalue weighted by atomic mass is 10.1. The monoisotopic (exact) mass is 343 g/mol. The highest BCUT2D eigenvalue weighted by molar-refractivity contribution is 5.46. The van der Waals surface area contributed by atoms with Crippen LogP contribution in [-0.4, -0.2) is 43.9 Å². The number of H-pyrrole nitrogens is 1. The highest BCUT2D eigenvalue weighted by atomic mass is 16.5. The van der Waals surface area contributed by atoms with Crippen LogP contribution in [0.5, 0.6) is 11.5 Å². The van der Waals surface area contributed by atoms with E-state index in [9.17, 15) is 0 Å². The fourth-order valence-electron chi connectivity index (χ4n) is 2.40. The van der Waals surface area contributed by atoms with Crippen molar-refractivity contribution in [3.8, 4) is 11.5 Å². The molecule has 0 fully saturated rings. The Bertz CT molecular complexity index is 759. The van der Waals surface area contributed by atoms with Gasteiger partial charge in [-0.1, -0.05) is 17.3 Å². The molecule has 25 heavy (non-hydrogen) atoms. The molecule has 0 bridgehead atoms. The van der Waals surface area contributed by atoms with Gasteiger partial charge in [0, 0.05) is 24.5 Å². The number of nitrogens with zero attached hydrogens (tertiary/aromatic N) is 5. The van der Waals surface area contributed by atoms with Gasteiger partial charge in [-0.05, 0) is 13.0 Å². The van der Waals surface area contributed by atoms with Crippen molar-refractivity contribution in [2.24, 2.45) is 0 Å². The van der Waals surface area contributed by atoms with Crippen molar-refractivity contribution in [3.05, 3.63) is 48.3 Å². The third-order valence-electron chi connectivity index (χ3n) is 3.78. The van der Waals surface area contributed by atoms with Gasteiger partial charge in [-0.2, -0.15) is 5.21 Å². The van der Waals surface area contributed by atoms with Crippen LogP contribution in [0.25, 0.3) is 0 Å². The molecule has 1 unspecified atom stereocenters. The SMILES string of the molecule is COc1cccc(CNC(C)c2nn[nH]n2)c1OCCn1ccnc1. The first-order chi connectivity index (χ1) is 12.3. The fraction of sp³-hybridized carbons (Fsp3) is 0.375. The van der Waals surface area contributed by atoms with Crippen LogP contribution in [0.2, 0.25) is 0 Å². The van der Waals surface area contributed by atoms with Crippen LogP contribution >= 0.6 is 0 Å². The Morgan fingerprint density at radius 2 is 2.28 bits per heavy atom. The molecule has 0 spiro atoms. The second kappa shape index (κ2) is 8.25. The van der Waals surface area contributed by atoms with Gasteiger partial charge in [0.2, 0.25) is 0 Å². The van der Waals surface area contributed by atoms with Gasteiger partial charge in [0.15, 0.2) is 17.3 Å². The topological polar surface area (TPSA) is 103 Å². The Hall–Kier alpha value is -2.94. The van der Waals surface area contributed by atoms with E-state index in [1.165, 1.54) is 0 Å². The number of hydrogen-bond acceptors (Lipinski definition) is 7. The fourth-order valence-corrected chi connectivity index (χ4v) is 2.40. The number of tetrazole rings is 1. The first-order valence-corrected chi connectivity index (χ1v) is 7.99. The number of imidazole rings is 1. The number of rotatable bonds is 9. The van der Waals surface area contributed by atoms with Gasteiger partial charge >= 0.3 is 0 Å². The molecule has 0 radical (unpaired) electrons. The standard InChI is InChI=1S/C16H21N7O2/c1-12(16-19-21-22-20-16)18-10-13-4-3-5-14(24-2)15(13)25-9-8-23-7-6-17-11-23/h3-7,11-12,18H,8-10H2,1-2H3,(H,19,20,21,22). The lowest BCUT2D eigenvalue weighted by molar-refractivity contribution is 0.276. The van der Waals surface area contributed by atoms with Gasteiger partial charge < -0.3 is 19.4 Å². The molecule has 1 aromatic carbocycles. The molecule has 0 aliphatic heterocycles. The third-order valence-corrected chi connectivity index (χ3v) is 3.78. The zero-order valence-corrected chi connectivity index (χ0v) is 14.2. The second-order valence-corrected chi connectivity index (χ2v) is 5.47. The average molecular weight is 343 g/mol. The lowest BCUT2D eigenvalue weighted by Crippen LogP contribution is -2.20. The van der Waals surface area contributed by atoms with Crippen LogP contribution in [0.3, 0.4) is 0 Å². The third kappa shape index (κ3) is 4.32. The van der Waals surface area contributed by atoms with Crippen molar-refractivity contribution in [3.63, 3.8) is 0 Å². The number of aromatic nitrogens is 6. The zero-order chi connectivity index (χ0) is 17.5. The maximum absolute atomic E-state index is 5.99. The molecule has 3 aromatic rings. The number of hydrogen-bond donors (Lipinski definition) is 2. The molecule has 0 aliphatic carbocycles. The van der Waals surface area contributed by atoms with Crippen molar-refractivity contribution >= 4 is 0 Å². The van der Waals surface area contributed by atoms with Crippen LogP contribution in [-0.2, 0) is 13.1 Å². The predicted molar refractivity (Wildman–Crippen MR) is 90.1 cm³/mol. The zero-order valence-electron chi connectivity index (χ0n) is 14.2. The minimum absolute atomic E-state index is 0.0382. The number of aromatic amines is 1. The van der Waals surface area contributed by atoms with E-state index in [2.05, 4.69) is 30.9 Å². The second-order valence-electron chi connectivity index (χ2n) is 5.47. The summed E-state index contributed by atoms with van der Waals surface area (Å²) in [5.41, 5.74) is 1.00. The summed E-state index contributed by atoms with van der Waals surface area (Å²) in [5.74, 6) is 2.06. The van der Waals surface area contributed by atoms with Crippen molar-refractivity contribution in [2.75, 3.05) is 13.7 Å². The minimum atomic E-state index is -0.0382. The summed E-state index contributed by atoms with van der Waals surface area (Å²) in [6, 6.07) is 5.80. The van der Waals surface area contributed by atoms with E-state index in [4.69, 9.17) is 9.47 Å². The molecule has 0 saturated carbocycles. The summed E-state index contributed by atoms with van der Waals surface area (Å²) in [6.45, 7) is 3.80. The molecule has 132 valence electrons. The van der Waals surface area contributed by atoms with Crippen molar-refractivity contribution < 1.29 is 9.47 Å². The van der Waals surface area contributed by atoms with Crippen molar-refractivity contribution in [1.82, 2.24) is 35.5 Å². The normalized spacial score (nSPS) is 12.1. The van der Waals surface area contributed by atoms with Gasteiger partial charge in [0.1, 0.15) is 6.61 Å². The van der Waals surface area contributed by atoms with E-state index >= 15 is 0 Å². The smallest absolute Gasteiger partial charge is 0.191 e. The number of methoxy groups -OCH3 is 1. The highest BCUT2D eigenvalue weighted by Crippen LogP contribution is 2.31. The Labute approximate surface area is 145 Å². The molecular weight excluding hydrogens is 322 g/mol. The molecule has 0 aliphatic rings. The van der Waals surface area contributed by atoms with Crippen molar-refractivity contribution in [1.29, 1.82) is 0 Å². The van der Waals surface area contributed by atoms with E-state index < -0.39 is 0 Å². The van der Waals surface area contributed by atoms with Crippen LogP contribution in [0, 0.1) is 0 Å². The molecule has 2 heterocycles. The van der Waals surface area contributed by atoms with Gasteiger partial charge in [0.25, 0.3) is 0 Å². The first kappa shape index (κ1) is 16.9. The maximum atomic E-state index is 5.99. The summed E-state index contributed by atoms with van der Waals surface area (Å²) in [4.78, 5) is 4.03. The number of para-hydroxylation sites is 1. The van der Waals surface area contributed by atoms with E-state index in [0.29, 0.717) is 31.3 Å². The minimum Gasteiger partial charge on any atom is -0.493 e. The molecule has 2 aromatic heterocycles. The molecule has 9 heteroatoms. The Balaban J connectivity index is 1.65. The molecular formula is C16H21N7O2. The van der Waals surface area contributed by atoms with Crippen molar-refractivity contribution in [2.45, 2.75) is 26.1 Å². The molecule has 2 N–H and O–H groups in total. The summed E-state index contributed by atoms with van der Waals surface area (Å²) in [5, 5.41) is 17.4. The first-order valence-electron chi connectivity index (χ1n) is 7.99. The van der Waals surface area contributed by atoms with Crippen LogP contribution in [0.1, 0.15) is 24.4 Å². The van der Waals surface area contributed by atoms with Gasteiger partial charge in [0.05, 0.1) is 26.0 Å². The van der Waals surface area contributed by atoms with Gasteiger partial charge in [-0.15, -0.1) is 10.2 Å². The average Bonchev–Trinajstić information content (AvgIpc) is 3.34. The summed E-state index contributed by atoms with van der Waals surface area (Å²) in [7, 11) is 1.64. The summed E-state index contributed by atoms with van der Waals surface area (Å²) < 4.78 is 13.4. The van der Waals surface area contributed by atoms with E-state index in [1.807, 2.05) is 35.9 Å². The Kier molecular flexibility index (Phi) is 5.57. The molecule has 0 amide bonds. The quantitative estimate of drug-likeness (QED) is 0.604. The predicted octanol–water partition coefficient (Wildman–Crippen LogP) is 1.33. The number of nitrogens with one attached hydrogen (secondary N) is 2. The van der Waals surface area contributed by atoms with Gasteiger partial charge in [-0.3, -0.25) is 0 Å². The number of benzene rings is 1. The lowest BCUT2D eigenvalue weighted by Gasteiger charge is -2.17. The van der Waals surface area contributed by atoms with Crippen LogP contribution in [0.15, 0.2) is 36.9 Å². The largest absolute Gasteiger partial charge is 0.493 e. The molecule has 3 rings (SSSR count). The van der Waals surface area contributed by atoms with Crippen LogP contribution < -0.4 is 14.8 Å². The molecule has 9 nitrogen and oxygen atoms in total. The Morgan fingerprint density at radius 1 is 1.36 bits per heavy atom. The Morgan fingerprint density at radius 3 is 3.00 bits per heavy atom. The summed E-state index contributed by atoms with van der Waals surface area (Å²) in [6.07, 6.45) is 5.42. The summed E-state index contributed by atoms with van der Waals surface area (Å²) >= 11 is 0. The highest BCUT2D eigenvalue weighted by Gasteiger charge is 2.14. The van der Waals surface area contributed by atoms with E-state index in [1.54, 1.807) is 19.6 Å². The van der Waals surface area contributed by atoms with E-state index in [0.717, 1.165) is 11.3 Å². The van der Waals surface area contributed by atoms with Gasteiger partial charge in [-0.25, -0.2) is 4.98 Å². The number of ether oxygens (including phenoxy) is 2. The van der Waals surface area contributed by atoms with E-state index in [-0.39, 0.29) is 6.04 Å². The van der Waals surface area contributed by atoms with Crippen LogP contribution in [0.4, 0.5) is 0 Å².